The van der Waals surface area contributed by atoms with E-state index in [1.165, 1.54) is 23.6 Å². The second kappa shape index (κ2) is 9.42. The van der Waals surface area contributed by atoms with Crippen molar-refractivity contribution in [3.63, 3.8) is 0 Å². The second-order valence-corrected chi connectivity index (χ2v) is 8.40. The molecule has 1 aliphatic rings. The summed E-state index contributed by atoms with van der Waals surface area (Å²) in [4.78, 5) is 24.9. The van der Waals surface area contributed by atoms with Crippen molar-refractivity contribution in [3.05, 3.63) is 70.8 Å². The fourth-order valence-corrected chi connectivity index (χ4v) is 4.25. The zero-order valence-corrected chi connectivity index (χ0v) is 19.2. The highest BCUT2D eigenvalue weighted by Gasteiger charge is 2.29. The van der Waals surface area contributed by atoms with E-state index in [1.807, 2.05) is 6.07 Å². The smallest absolute Gasteiger partial charge is 0.179 e. The lowest BCUT2D eigenvalue weighted by molar-refractivity contribution is 0.101. The van der Waals surface area contributed by atoms with Gasteiger partial charge in [0.25, 0.3) is 0 Å². The van der Waals surface area contributed by atoms with Crippen LogP contribution < -0.4 is 9.80 Å². The molecule has 3 heterocycles. The van der Waals surface area contributed by atoms with Crippen LogP contribution in [-0.4, -0.2) is 51.6 Å². The van der Waals surface area contributed by atoms with E-state index in [0.717, 1.165) is 49.8 Å². The van der Waals surface area contributed by atoms with Gasteiger partial charge >= 0.3 is 0 Å². The summed E-state index contributed by atoms with van der Waals surface area (Å²) in [6.45, 7) is 10.5. The highest BCUT2D eigenvalue weighted by atomic mass is 16.1. The number of Topliss-reactive ketones (excluding diaryl/α,β-unsaturated/α-hetero) is 1. The lowest BCUT2D eigenvalue weighted by Crippen LogP contribution is -2.54. The first-order chi connectivity index (χ1) is 15.5. The summed E-state index contributed by atoms with van der Waals surface area (Å²) in [6.07, 6.45) is 5.05. The Labute approximate surface area is 189 Å². The van der Waals surface area contributed by atoms with Gasteiger partial charge in [-0.25, -0.2) is 9.97 Å². The molecule has 0 aliphatic carbocycles. The zero-order valence-electron chi connectivity index (χ0n) is 19.2. The number of hydrogen-bond acceptors (Lipinski definition) is 7. The number of piperazine rings is 1. The number of nitrogens with zero attached hydrogens (tertiary/aromatic N) is 6. The molecular weight excluding hydrogens is 400 g/mol. The summed E-state index contributed by atoms with van der Waals surface area (Å²) in [7, 11) is 0. The SMILES string of the molecule is CC[C@@H]1CN(c2nnc(Cc3ccccc3)c(C)c2C)CCN1c1cnc(C(C)=O)cn1. The molecular formula is C25H30N6O. The van der Waals surface area contributed by atoms with Gasteiger partial charge in [0.2, 0.25) is 0 Å². The third-order valence-corrected chi connectivity index (χ3v) is 6.36. The number of rotatable bonds is 6. The van der Waals surface area contributed by atoms with Gasteiger partial charge in [-0.1, -0.05) is 37.3 Å². The van der Waals surface area contributed by atoms with Crippen LogP contribution in [0.25, 0.3) is 0 Å². The van der Waals surface area contributed by atoms with Crippen molar-refractivity contribution in [1.29, 1.82) is 0 Å². The normalized spacial score (nSPS) is 16.3. The van der Waals surface area contributed by atoms with E-state index < -0.39 is 0 Å². The van der Waals surface area contributed by atoms with Crippen molar-refractivity contribution in [2.75, 3.05) is 29.4 Å². The van der Waals surface area contributed by atoms with Crippen LogP contribution in [0.3, 0.4) is 0 Å². The molecule has 0 bridgehead atoms. The Morgan fingerprint density at radius 2 is 1.81 bits per heavy atom. The lowest BCUT2D eigenvalue weighted by Gasteiger charge is -2.42. The van der Waals surface area contributed by atoms with Gasteiger partial charge in [0.15, 0.2) is 11.6 Å². The lowest BCUT2D eigenvalue weighted by atomic mass is 10.0. The Kier molecular flexibility index (Phi) is 6.44. The van der Waals surface area contributed by atoms with Crippen LogP contribution in [0.4, 0.5) is 11.6 Å². The first-order valence-electron chi connectivity index (χ1n) is 11.2. The molecule has 0 unspecified atom stereocenters. The summed E-state index contributed by atoms with van der Waals surface area (Å²) < 4.78 is 0. The summed E-state index contributed by atoms with van der Waals surface area (Å²) in [6, 6.07) is 10.7. The zero-order chi connectivity index (χ0) is 22.7. The standard InChI is InChI=1S/C25H30N6O/c1-5-21-16-30(11-12-31(21)24-15-26-23(14-27-24)19(4)32)25-18(3)17(2)22(28-29-25)13-20-9-7-6-8-10-20/h6-10,14-15,21H,5,11-13,16H2,1-4H3/t21-/m1/s1. The van der Waals surface area contributed by atoms with E-state index in [0.29, 0.717) is 5.69 Å². The van der Waals surface area contributed by atoms with E-state index in [4.69, 9.17) is 0 Å². The molecule has 7 nitrogen and oxygen atoms in total. The van der Waals surface area contributed by atoms with Crippen molar-refractivity contribution in [3.8, 4) is 0 Å². The van der Waals surface area contributed by atoms with Gasteiger partial charge in [-0.05, 0) is 37.0 Å². The molecule has 0 spiro atoms. The molecule has 2 aromatic heterocycles. The van der Waals surface area contributed by atoms with Crippen LogP contribution in [0, 0.1) is 13.8 Å². The minimum absolute atomic E-state index is 0.0685. The molecule has 0 amide bonds. The van der Waals surface area contributed by atoms with Crippen molar-refractivity contribution < 1.29 is 4.79 Å². The predicted molar refractivity (Wildman–Crippen MR) is 126 cm³/mol. The van der Waals surface area contributed by atoms with Crippen LogP contribution in [-0.2, 0) is 6.42 Å². The Bertz CT molecular complexity index is 1080. The molecule has 0 saturated carbocycles. The van der Waals surface area contributed by atoms with E-state index >= 15 is 0 Å². The quantitative estimate of drug-likeness (QED) is 0.551. The monoisotopic (exact) mass is 430 g/mol. The fourth-order valence-electron chi connectivity index (χ4n) is 4.25. The molecule has 1 atom stereocenters. The molecule has 0 N–H and O–H groups in total. The molecule has 1 aromatic carbocycles. The number of carbonyl (C=O) groups is 1. The molecule has 1 saturated heterocycles. The van der Waals surface area contributed by atoms with Crippen molar-refractivity contribution in [2.24, 2.45) is 0 Å². The molecule has 7 heteroatoms. The molecule has 3 aromatic rings. The van der Waals surface area contributed by atoms with E-state index in [2.05, 4.69) is 75.0 Å². The minimum atomic E-state index is -0.0685. The highest BCUT2D eigenvalue weighted by molar-refractivity contribution is 5.91. The summed E-state index contributed by atoms with van der Waals surface area (Å²) in [5.74, 6) is 1.72. The van der Waals surface area contributed by atoms with Gasteiger partial charge in [-0.15, -0.1) is 5.10 Å². The summed E-state index contributed by atoms with van der Waals surface area (Å²) in [5, 5.41) is 9.25. The molecule has 0 radical (unpaired) electrons. The van der Waals surface area contributed by atoms with Crippen LogP contribution >= 0.6 is 0 Å². The topological polar surface area (TPSA) is 75.1 Å². The number of benzene rings is 1. The van der Waals surface area contributed by atoms with Gasteiger partial charge in [0.05, 0.1) is 18.1 Å². The average Bonchev–Trinajstić information content (AvgIpc) is 2.82. The minimum Gasteiger partial charge on any atom is -0.351 e. The van der Waals surface area contributed by atoms with Crippen LogP contribution in [0.2, 0.25) is 0 Å². The number of hydrogen-bond donors (Lipinski definition) is 0. The maximum atomic E-state index is 11.5. The van der Waals surface area contributed by atoms with Gasteiger partial charge in [-0.3, -0.25) is 4.79 Å². The Balaban J connectivity index is 1.51. The number of ketones is 1. The maximum Gasteiger partial charge on any atom is 0.179 e. The number of anilines is 2. The molecule has 4 rings (SSSR count). The molecule has 166 valence electrons. The van der Waals surface area contributed by atoms with E-state index in [-0.39, 0.29) is 11.8 Å². The first-order valence-corrected chi connectivity index (χ1v) is 11.2. The van der Waals surface area contributed by atoms with Gasteiger partial charge < -0.3 is 9.80 Å². The van der Waals surface area contributed by atoms with Gasteiger partial charge in [0.1, 0.15) is 11.5 Å². The van der Waals surface area contributed by atoms with Crippen LogP contribution in [0.1, 0.15) is 53.1 Å². The Hall–Kier alpha value is -3.35. The average molecular weight is 431 g/mol. The Morgan fingerprint density at radius 1 is 1.03 bits per heavy atom. The third kappa shape index (κ3) is 4.47. The van der Waals surface area contributed by atoms with E-state index in [1.54, 1.807) is 12.4 Å². The van der Waals surface area contributed by atoms with Crippen molar-refractivity contribution >= 4 is 17.4 Å². The maximum absolute atomic E-state index is 11.5. The summed E-state index contributed by atoms with van der Waals surface area (Å²) in [5.41, 5.74) is 5.08. The van der Waals surface area contributed by atoms with Crippen LogP contribution in [0.5, 0.6) is 0 Å². The van der Waals surface area contributed by atoms with Gasteiger partial charge in [0, 0.05) is 39.0 Å². The second-order valence-electron chi connectivity index (χ2n) is 8.40. The highest BCUT2D eigenvalue weighted by Crippen LogP contribution is 2.27. The largest absolute Gasteiger partial charge is 0.351 e. The Morgan fingerprint density at radius 3 is 2.47 bits per heavy atom. The van der Waals surface area contributed by atoms with Crippen molar-refractivity contribution in [1.82, 2.24) is 20.2 Å². The van der Waals surface area contributed by atoms with Crippen LogP contribution in [0.15, 0.2) is 42.7 Å². The number of aromatic nitrogens is 4. The molecule has 32 heavy (non-hydrogen) atoms. The molecule has 1 fully saturated rings. The third-order valence-electron chi connectivity index (χ3n) is 6.36. The van der Waals surface area contributed by atoms with E-state index in [9.17, 15) is 4.79 Å². The first kappa shape index (κ1) is 21.9. The molecule has 1 aliphatic heterocycles. The van der Waals surface area contributed by atoms with Gasteiger partial charge in [-0.2, -0.15) is 5.10 Å². The number of carbonyl (C=O) groups excluding carboxylic acids is 1. The predicted octanol–water partition coefficient (Wildman–Crippen LogP) is 3.78. The van der Waals surface area contributed by atoms with Crippen molar-refractivity contribution in [2.45, 2.75) is 46.6 Å². The fraction of sp³-hybridized carbons (Fsp3) is 0.400. The summed E-state index contributed by atoms with van der Waals surface area (Å²) >= 11 is 0.